The number of aryl methyl sites for hydroxylation is 1. The molecule has 1 amide bonds. The maximum atomic E-state index is 11.9. The molecule has 0 aromatic heterocycles. The summed E-state index contributed by atoms with van der Waals surface area (Å²) >= 11 is 0. The molecule has 1 atom stereocenters. The molecule has 1 aromatic rings. The van der Waals surface area contributed by atoms with Crippen LogP contribution in [0.15, 0.2) is 23.4 Å². The first-order chi connectivity index (χ1) is 9.02. The molecule has 5 nitrogen and oxygen atoms in total. The third-order valence-corrected chi connectivity index (χ3v) is 3.32. The standard InChI is InChI=1S/C14H18N2O3/c1-9-4-5-11(10(2)15-18)13(8-9)19-12-6-7-16(3)14(12)17/h4-5,8,12,18H,6-7H2,1-3H3. The van der Waals surface area contributed by atoms with Crippen LogP contribution in [0.1, 0.15) is 24.5 Å². The van der Waals surface area contributed by atoms with Crippen molar-refractivity contribution in [2.75, 3.05) is 13.6 Å². The van der Waals surface area contributed by atoms with Crippen LogP contribution in [0, 0.1) is 6.92 Å². The normalized spacial score (nSPS) is 19.9. The summed E-state index contributed by atoms with van der Waals surface area (Å²) in [5.41, 5.74) is 2.20. The van der Waals surface area contributed by atoms with E-state index in [0.717, 1.165) is 5.56 Å². The van der Waals surface area contributed by atoms with E-state index >= 15 is 0 Å². The SMILES string of the molecule is CC(=NO)c1ccc(C)cc1OC1CCN(C)C1=O. The number of carbonyl (C=O) groups is 1. The van der Waals surface area contributed by atoms with Crippen molar-refractivity contribution in [2.24, 2.45) is 5.16 Å². The highest BCUT2D eigenvalue weighted by Gasteiger charge is 2.31. The van der Waals surface area contributed by atoms with Crippen LogP contribution >= 0.6 is 0 Å². The maximum Gasteiger partial charge on any atom is 0.263 e. The van der Waals surface area contributed by atoms with Crippen molar-refractivity contribution in [3.05, 3.63) is 29.3 Å². The fourth-order valence-electron chi connectivity index (χ4n) is 2.13. The fraction of sp³-hybridized carbons (Fsp3) is 0.429. The number of ether oxygens (including phenoxy) is 1. The number of nitrogens with zero attached hydrogens (tertiary/aromatic N) is 2. The van der Waals surface area contributed by atoms with Gasteiger partial charge >= 0.3 is 0 Å². The van der Waals surface area contributed by atoms with Gasteiger partial charge in [0.15, 0.2) is 6.10 Å². The average Bonchev–Trinajstić information content (AvgIpc) is 2.70. The zero-order valence-electron chi connectivity index (χ0n) is 11.4. The van der Waals surface area contributed by atoms with Gasteiger partial charge in [-0.25, -0.2) is 0 Å². The molecule has 0 spiro atoms. The van der Waals surface area contributed by atoms with Gasteiger partial charge in [-0.3, -0.25) is 4.79 Å². The highest BCUT2D eigenvalue weighted by molar-refractivity contribution is 6.01. The molecule has 1 aliphatic heterocycles. The summed E-state index contributed by atoms with van der Waals surface area (Å²) in [6, 6.07) is 5.61. The van der Waals surface area contributed by atoms with Gasteiger partial charge in [-0.05, 0) is 31.5 Å². The Hall–Kier alpha value is -2.04. The van der Waals surface area contributed by atoms with Crippen LogP contribution in [-0.4, -0.2) is 41.4 Å². The molecule has 1 saturated heterocycles. The first-order valence-electron chi connectivity index (χ1n) is 6.24. The molecule has 2 rings (SSSR count). The van der Waals surface area contributed by atoms with Gasteiger partial charge in [-0.15, -0.1) is 0 Å². The molecule has 0 aliphatic carbocycles. The number of hydrogen-bond donors (Lipinski definition) is 1. The van der Waals surface area contributed by atoms with E-state index in [4.69, 9.17) is 9.94 Å². The topological polar surface area (TPSA) is 62.1 Å². The Balaban J connectivity index is 2.29. The van der Waals surface area contributed by atoms with Crippen LogP contribution in [0.4, 0.5) is 0 Å². The van der Waals surface area contributed by atoms with Crippen molar-refractivity contribution in [1.29, 1.82) is 0 Å². The third kappa shape index (κ3) is 2.70. The Morgan fingerprint density at radius 2 is 2.26 bits per heavy atom. The summed E-state index contributed by atoms with van der Waals surface area (Å²) in [6.07, 6.45) is 0.231. The summed E-state index contributed by atoms with van der Waals surface area (Å²) < 4.78 is 5.81. The van der Waals surface area contributed by atoms with E-state index in [-0.39, 0.29) is 5.91 Å². The van der Waals surface area contributed by atoms with Gasteiger partial charge in [0.2, 0.25) is 0 Å². The lowest BCUT2D eigenvalue weighted by Gasteiger charge is -2.16. The van der Waals surface area contributed by atoms with Gasteiger partial charge in [0, 0.05) is 25.6 Å². The van der Waals surface area contributed by atoms with Gasteiger partial charge in [0.25, 0.3) is 5.91 Å². The summed E-state index contributed by atoms with van der Waals surface area (Å²) in [5.74, 6) is 0.579. The number of carbonyl (C=O) groups excluding carboxylic acids is 1. The molecule has 1 N–H and O–H groups in total. The van der Waals surface area contributed by atoms with Crippen LogP contribution in [-0.2, 0) is 4.79 Å². The van der Waals surface area contributed by atoms with Crippen molar-refractivity contribution >= 4 is 11.6 Å². The second-order valence-corrected chi connectivity index (χ2v) is 4.84. The molecule has 1 unspecified atom stereocenters. The largest absolute Gasteiger partial charge is 0.480 e. The second-order valence-electron chi connectivity index (χ2n) is 4.84. The van der Waals surface area contributed by atoms with Crippen molar-refractivity contribution in [3.63, 3.8) is 0 Å². The molecule has 0 radical (unpaired) electrons. The van der Waals surface area contributed by atoms with E-state index in [9.17, 15) is 4.79 Å². The van der Waals surface area contributed by atoms with Crippen molar-refractivity contribution in [1.82, 2.24) is 4.90 Å². The summed E-state index contributed by atoms with van der Waals surface area (Å²) in [6.45, 7) is 4.35. The van der Waals surface area contributed by atoms with Gasteiger partial charge < -0.3 is 14.8 Å². The van der Waals surface area contributed by atoms with Crippen molar-refractivity contribution in [3.8, 4) is 5.75 Å². The van der Waals surface area contributed by atoms with Gasteiger partial charge in [0.1, 0.15) is 5.75 Å². The second kappa shape index (κ2) is 5.30. The monoisotopic (exact) mass is 262 g/mol. The van der Waals surface area contributed by atoms with E-state index in [1.165, 1.54) is 0 Å². The highest BCUT2D eigenvalue weighted by Crippen LogP contribution is 2.25. The number of likely N-dealkylation sites (N-methyl/N-ethyl adjacent to an activating group) is 1. The number of benzene rings is 1. The minimum atomic E-state index is -0.447. The number of oxime groups is 1. The van der Waals surface area contributed by atoms with Crippen LogP contribution in [0.2, 0.25) is 0 Å². The summed E-state index contributed by atoms with van der Waals surface area (Å²) in [7, 11) is 1.77. The predicted octanol–water partition coefficient (Wildman–Crippen LogP) is 1.80. The average molecular weight is 262 g/mol. The van der Waals surface area contributed by atoms with Gasteiger partial charge in [-0.1, -0.05) is 11.2 Å². The van der Waals surface area contributed by atoms with Crippen molar-refractivity contribution in [2.45, 2.75) is 26.4 Å². The Morgan fingerprint density at radius 3 is 2.84 bits per heavy atom. The molecule has 19 heavy (non-hydrogen) atoms. The molecule has 102 valence electrons. The molecule has 5 heteroatoms. The van der Waals surface area contributed by atoms with Crippen LogP contribution < -0.4 is 4.74 Å². The fourth-order valence-corrected chi connectivity index (χ4v) is 2.13. The lowest BCUT2D eigenvalue weighted by molar-refractivity contribution is -0.132. The van der Waals surface area contributed by atoms with Crippen molar-refractivity contribution < 1.29 is 14.7 Å². The molecular weight excluding hydrogens is 244 g/mol. The zero-order valence-corrected chi connectivity index (χ0v) is 11.4. The highest BCUT2D eigenvalue weighted by atomic mass is 16.5. The van der Waals surface area contributed by atoms with E-state index in [0.29, 0.717) is 30.0 Å². The molecule has 0 bridgehead atoms. The van der Waals surface area contributed by atoms with Crippen LogP contribution in [0.3, 0.4) is 0 Å². The van der Waals surface area contributed by atoms with E-state index in [1.54, 1.807) is 18.9 Å². The smallest absolute Gasteiger partial charge is 0.263 e. The molecule has 1 fully saturated rings. The van der Waals surface area contributed by atoms with Gasteiger partial charge in [-0.2, -0.15) is 0 Å². The molecule has 1 heterocycles. The van der Waals surface area contributed by atoms with Crippen LogP contribution in [0.25, 0.3) is 0 Å². The zero-order chi connectivity index (χ0) is 14.0. The maximum absolute atomic E-state index is 11.9. The number of rotatable bonds is 3. The molecule has 1 aliphatic rings. The lowest BCUT2D eigenvalue weighted by atomic mass is 10.1. The van der Waals surface area contributed by atoms with Gasteiger partial charge in [0.05, 0.1) is 5.71 Å². The number of hydrogen-bond acceptors (Lipinski definition) is 4. The molecule has 0 saturated carbocycles. The minimum absolute atomic E-state index is 0.00829. The Labute approximate surface area is 112 Å². The first kappa shape index (κ1) is 13.4. The van der Waals surface area contributed by atoms with E-state index in [2.05, 4.69) is 5.16 Å². The van der Waals surface area contributed by atoms with E-state index < -0.39 is 6.10 Å². The number of likely N-dealkylation sites (tertiary alicyclic amines) is 1. The van der Waals surface area contributed by atoms with E-state index in [1.807, 2.05) is 25.1 Å². The Morgan fingerprint density at radius 1 is 1.53 bits per heavy atom. The Bertz CT molecular complexity index is 525. The quantitative estimate of drug-likeness (QED) is 0.513. The first-order valence-corrected chi connectivity index (χ1v) is 6.24. The Kier molecular flexibility index (Phi) is 3.74. The molecule has 1 aromatic carbocycles. The predicted molar refractivity (Wildman–Crippen MR) is 71.8 cm³/mol. The lowest BCUT2D eigenvalue weighted by Crippen LogP contribution is -2.29. The third-order valence-electron chi connectivity index (χ3n) is 3.32. The summed E-state index contributed by atoms with van der Waals surface area (Å²) in [5, 5.41) is 12.1. The molecular formula is C14H18N2O3. The number of amides is 1. The van der Waals surface area contributed by atoms with Crippen LogP contribution in [0.5, 0.6) is 5.75 Å². The minimum Gasteiger partial charge on any atom is -0.480 e. The summed E-state index contributed by atoms with van der Waals surface area (Å²) in [4.78, 5) is 13.5.